The number of hydrogen-bond acceptors (Lipinski definition) is 2. The van der Waals surface area contributed by atoms with Crippen LogP contribution < -0.4 is 0 Å². The molecule has 0 saturated carbocycles. The van der Waals surface area contributed by atoms with Crippen molar-refractivity contribution in [3.05, 3.63) is 12.7 Å². The standard InChI is InChI=1S/C6H11NO/c1-3-4-7-5-6(2)8-7/h3,6H,1,4-5H2,2H3. The SMILES string of the molecule is C=CCN1CC(C)O1. The van der Waals surface area contributed by atoms with E-state index in [0.717, 1.165) is 13.1 Å². The molecule has 1 unspecified atom stereocenters. The lowest BCUT2D eigenvalue weighted by molar-refractivity contribution is -0.283. The molecule has 0 radical (unpaired) electrons. The van der Waals surface area contributed by atoms with Crippen molar-refractivity contribution >= 4 is 0 Å². The van der Waals surface area contributed by atoms with Gasteiger partial charge in [-0.2, -0.15) is 5.06 Å². The maximum Gasteiger partial charge on any atom is 0.0915 e. The van der Waals surface area contributed by atoms with Crippen LogP contribution in [-0.2, 0) is 4.84 Å². The van der Waals surface area contributed by atoms with Gasteiger partial charge in [0.1, 0.15) is 0 Å². The van der Waals surface area contributed by atoms with Gasteiger partial charge < -0.3 is 0 Å². The maximum absolute atomic E-state index is 5.14. The van der Waals surface area contributed by atoms with Gasteiger partial charge in [-0.1, -0.05) is 6.08 Å². The molecule has 0 aromatic rings. The Balaban J connectivity index is 2.06. The molecule has 0 bridgehead atoms. The van der Waals surface area contributed by atoms with Crippen molar-refractivity contribution < 1.29 is 4.84 Å². The lowest BCUT2D eigenvalue weighted by Crippen LogP contribution is -2.46. The third kappa shape index (κ3) is 1.08. The van der Waals surface area contributed by atoms with Crippen LogP contribution in [0, 0.1) is 0 Å². The van der Waals surface area contributed by atoms with Gasteiger partial charge in [0.25, 0.3) is 0 Å². The van der Waals surface area contributed by atoms with Crippen LogP contribution >= 0.6 is 0 Å². The molecule has 1 saturated heterocycles. The minimum Gasteiger partial charge on any atom is -0.294 e. The van der Waals surface area contributed by atoms with Crippen molar-refractivity contribution in [2.24, 2.45) is 0 Å². The van der Waals surface area contributed by atoms with E-state index in [-0.39, 0.29) is 0 Å². The molecule has 1 fully saturated rings. The van der Waals surface area contributed by atoms with Crippen molar-refractivity contribution in [3.63, 3.8) is 0 Å². The Morgan fingerprint density at radius 1 is 2.00 bits per heavy atom. The van der Waals surface area contributed by atoms with Crippen LogP contribution in [0.3, 0.4) is 0 Å². The molecule has 1 atom stereocenters. The van der Waals surface area contributed by atoms with Crippen molar-refractivity contribution in [3.8, 4) is 0 Å². The summed E-state index contributed by atoms with van der Waals surface area (Å²) in [5.41, 5.74) is 0. The van der Waals surface area contributed by atoms with Crippen molar-refractivity contribution in [1.29, 1.82) is 0 Å². The Morgan fingerprint density at radius 3 is 3.00 bits per heavy atom. The fourth-order valence-electron chi connectivity index (χ4n) is 0.794. The lowest BCUT2D eigenvalue weighted by Gasteiger charge is -2.35. The molecule has 1 heterocycles. The lowest BCUT2D eigenvalue weighted by atomic mass is 10.3. The molecule has 2 nitrogen and oxygen atoms in total. The van der Waals surface area contributed by atoms with Crippen molar-refractivity contribution in [2.75, 3.05) is 13.1 Å². The minimum atomic E-state index is 0.426. The average Bonchev–Trinajstić information content (AvgIpc) is 1.64. The molecular weight excluding hydrogens is 102 g/mol. The molecule has 0 amide bonds. The molecule has 0 aliphatic carbocycles. The molecular formula is C6H11NO. The van der Waals surface area contributed by atoms with E-state index in [1.807, 2.05) is 11.1 Å². The molecule has 1 rings (SSSR count). The second-order valence-corrected chi connectivity index (χ2v) is 2.05. The smallest absolute Gasteiger partial charge is 0.0915 e. The quantitative estimate of drug-likeness (QED) is 0.491. The summed E-state index contributed by atoms with van der Waals surface area (Å²) < 4.78 is 0. The average molecular weight is 113 g/mol. The van der Waals surface area contributed by atoms with E-state index in [1.165, 1.54) is 0 Å². The molecule has 46 valence electrons. The fraction of sp³-hybridized carbons (Fsp3) is 0.667. The third-order valence-electron chi connectivity index (χ3n) is 1.12. The normalized spacial score (nSPS) is 29.4. The number of hydrogen-bond donors (Lipinski definition) is 0. The van der Waals surface area contributed by atoms with Gasteiger partial charge in [-0.25, -0.2) is 0 Å². The molecule has 2 heteroatoms. The second kappa shape index (κ2) is 2.29. The van der Waals surface area contributed by atoms with Crippen LogP contribution in [0.2, 0.25) is 0 Å². The topological polar surface area (TPSA) is 12.5 Å². The largest absolute Gasteiger partial charge is 0.294 e. The van der Waals surface area contributed by atoms with Gasteiger partial charge in [0, 0.05) is 6.54 Å². The monoisotopic (exact) mass is 113 g/mol. The van der Waals surface area contributed by atoms with E-state index < -0.39 is 0 Å². The zero-order valence-electron chi connectivity index (χ0n) is 5.13. The van der Waals surface area contributed by atoms with Crippen LogP contribution in [0.15, 0.2) is 12.7 Å². The van der Waals surface area contributed by atoms with Gasteiger partial charge >= 0.3 is 0 Å². The van der Waals surface area contributed by atoms with Gasteiger partial charge in [-0.05, 0) is 6.92 Å². The summed E-state index contributed by atoms with van der Waals surface area (Å²) in [6.45, 7) is 7.54. The first kappa shape index (κ1) is 5.79. The molecule has 0 N–H and O–H groups in total. The van der Waals surface area contributed by atoms with Crippen LogP contribution in [-0.4, -0.2) is 24.3 Å². The first-order valence-electron chi connectivity index (χ1n) is 2.85. The van der Waals surface area contributed by atoms with E-state index in [4.69, 9.17) is 4.84 Å². The van der Waals surface area contributed by atoms with E-state index in [1.54, 1.807) is 0 Å². The van der Waals surface area contributed by atoms with Gasteiger partial charge in [0.05, 0.1) is 12.6 Å². The Morgan fingerprint density at radius 2 is 2.62 bits per heavy atom. The number of rotatable bonds is 2. The molecule has 8 heavy (non-hydrogen) atoms. The number of nitrogens with zero attached hydrogens (tertiary/aromatic N) is 1. The minimum absolute atomic E-state index is 0.426. The highest BCUT2D eigenvalue weighted by atomic mass is 16.7. The predicted molar refractivity (Wildman–Crippen MR) is 32.3 cm³/mol. The Hall–Kier alpha value is -0.340. The summed E-state index contributed by atoms with van der Waals surface area (Å²) in [5, 5.41) is 1.89. The highest BCUT2D eigenvalue weighted by Crippen LogP contribution is 2.09. The highest BCUT2D eigenvalue weighted by molar-refractivity contribution is 4.74. The van der Waals surface area contributed by atoms with Gasteiger partial charge in [-0.3, -0.25) is 4.84 Å². The summed E-state index contributed by atoms with van der Waals surface area (Å²) in [6.07, 6.45) is 2.27. The van der Waals surface area contributed by atoms with E-state index in [9.17, 15) is 0 Å². The van der Waals surface area contributed by atoms with Crippen LogP contribution in [0.25, 0.3) is 0 Å². The van der Waals surface area contributed by atoms with Gasteiger partial charge in [0.2, 0.25) is 0 Å². The molecule has 1 aliphatic rings. The van der Waals surface area contributed by atoms with Crippen LogP contribution in [0.4, 0.5) is 0 Å². The summed E-state index contributed by atoms with van der Waals surface area (Å²) in [5.74, 6) is 0. The number of hydroxylamine groups is 2. The van der Waals surface area contributed by atoms with E-state index in [0.29, 0.717) is 6.10 Å². The highest BCUT2D eigenvalue weighted by Gasteiger charge is 2.21. The first-order valence-corrected chi connectivity index (χ1v) is 2.85. The fourth-order valence-corrected chi connectivity index (χ4v) is 0.794. The van der Waals surface area contributed by atoms with E-state index >= 15 is 0 Å². The van der Waals surface area contributed by atoms with Crippen LogP contribution in [0.1, 0.15) is 6.92 Å². The summed E-state index contributed by atoms with van der Waals surface area (Å²) in [4.78, 5) is 5.14. The summed E-state index contributed by atoms with van der Waals surface area (Å²) in [6, 6.07) is 0. The molecule has 0 spiro atoms. The second-order valence-electron chi connectivity index (χ2n) is 2.05. The molecule has 0 aromatic carbocycles. The van der Waals surface area contributed by atoms with Crippen molar-refractivity contribution in [2.45, 2.75) is 13.0 Å². The van der Waals surface area contributed by atoms with Gasteiger partial charge in [-0.15, -0.1) is 6.58 Å². The zero-order valence-corrected chi connectivity index (χ0v) is 5.13. The summed E-state index contributed by atoms with van der Waals surface area (Å²) >= 11 is 0. The first-order chi connectivity index (χ1) is 3.83. The van der Waals surface area contributed by atoms with Crippen molar-refractivity contribution in [1.82, 2.24) is 5.06 Å². The van der Waals surface area contributed by atoms with E-state index in [2.05, 4.69) is 13.5 Å². The predicted octanol–water partition coefficient (Wildman–Crippen LogP) is 0.808. The Bertz CT molecular complexity index is 86.5. The Kier molecular flexibility index (Phi) is 1.65. The maximum atomic E-state index is 5.14. The zero-order chi connectivity index (χ0) is 5.98. The Labute approximate surface area is 49.7 Å². The van der Waals surface area contributed by atoms with Crippen LogP contribution in [0.5, 0.6) is 0 Å². The molecule has 1 aliphatic heterocycles. The van der Waals surface area contributed by atoms with Gasteiger partial charge in [0.15, 0.2) is 0 Å². The third-order valence-corrected chi connectivity index (χ3v) is 1.12. The summed E-state index contributed by atoms with van der Waals surface area (Å²) in [7, 11) is 0. The molecule has 0 aromatic heterocycles.